The van der Waals surface area contributed by atoms with Crippen LogP contribution in [0.4, 0.5) is 0 Å². The summed E-state index contributed by atoms with van der Waals surface area (Å²) in [5, 5.41) is 14.5. The molecule has 1 aliphatic carbocycles. The van der Waals surface area contributed by atoms with Crippen LogP contribution in [0.2, 0.25) is 0 Å². The molecule has 3 unspecified atom stereocenters. The first-order valence-corrected chi connectivity index (χ1v) is 12.9. The number of hydrogen-bond donors (Lipinski definition) is 2. The summed E-state index contributed by atoms with van der Waals surface area (Å²) in [6, 6.07) is 3.96. The van der Waals surface area contributed by atoms with Crippen LogP contribution in [0.25, 0.3) is 0 Å². The molecule has 2 N–H and O–H groups in total. The van der Waals surface area contributed by atoms with Crippen molar-refractivity contribution in [3.05, 3.63) is 45.8 Å². The number of carbonyl (C=O) groups is 1. The highest BCUT2D eigenvalue weighted by Crippen LogP contribution is 2.40. The molecule has 0 amide bonds. The summed E-state index contributed by atoms with van der Waals surface area (Å²) in [5.41, 5.74) is 6.13. The van der Waals surface area contributed by atoms with E-state index in [0.717, 1.165) is 40.9 Å². The lowest BCUT2D eigenvalue weighted by atomic mass is 9.90. The zero-order valence-electron chi connectivity index (χ0n) is 20.5. The van der Waals surface area contributed by atoms with Gasteiger partial charge in [0.15, 0.2) is 0 Å². The third-order valence-electron chi connectivity index (χ3n) is 6.27. The average Bonchev–Trinajstić information content (AvgIpc) is 3.32. The van der Waals surface area contributed by atoms with Gasteiger partial charge in [0, 0.05) is 12.0 Å². The third kappa shape index (κ3) is 6.34. The first-order chi connectivity index (χ1) is 16.1. The van der Waals surface area contributed by atoms with Gasteiger partial charge >= 0.3 is 8.25 Å². The van der Waals surface area contributed by atoms with Gasteiger partial charge in [0.25, 0.3) is 0 Å². The molecule has 1 heterocycles. The van der Waals surface area contributed by atoms with Crippen molar-refractivity contribution >= 4 is 14.2 Å². The molecule has 0 radical (unpaired) electrons. The predicted octanol–water partition coefficient (Wildman–Crippen LogP) is 3.84. The van der Waals surface area contributed by atoms with E-state index in [1.165, 1.54) is 5.56 Å². The number of hydrogen-bond acceptors (Lipinski definition) is 7. The standard InChI is InChI=1S/C24H35N2O7P/c1-14(2)20-7-8-21-23(20)17(5)25-26(21)22(28)9-6-18-10-15(3)24(16(4)11-18)31-12-19(27)13-32-33-34(29)30/h10-11,14,19-20,27,34H,6-9,12-13H2,1-5H3,(H,29,30). The number of aliphatic hydroxyl groups excluding tert-OH is 1. The maximum Gasteiger partial charge on any atom is 0.344 e. The monoisotopic (exact) mass is 494 g/mol. The topological polar surface area (TPSA) is 120 Å². The van der Waals surface area contributed by atoms with E-state index >= 15 is 0 Å². The zero-order chi connectivity index (χ0) is 25.0. The summed E-state index contributed by atoms with van der Waals surface area (Å²) in [6.07, 6.45) is 1.91. The van der Waals surface area contributed by atoms with Crippen molar-refractivity contribution in [3.63, 3.8) is 0 Å². The van der Waals surface area contributed by atoms with Gasteiger partial charge in [-0.15, -0.1) is 0 Å². The average molecular weight is 495 g/mol. The second-order valence-electron chi connectivity index (χ2n) is 9.30. The van der Waals surface area contributed by atoms with Gasteiger partial charge in [0.1, 0.15) is 25.1 Å². The van der Waals surface area contributed by atoms with Gasteiger partial charge in [0.2, 0.25) is 5.91 Å². The Morgan fingerprint density at radius 3 is 2.53 bits per heavy atom. The van der Waals surface area contributed by atoms with Gasteiger partial charge in [-0.1, -0.05) is 26.0 Å². The smallest absolute Gasteiger partial charge is 0.344 e. The number of rotatable bonds is 11. The van der Waals surface area contributed by atoms with Gasteiger partial charge in [-0.2, -0.15) is 9.77 Å². The van der Waals surface area contributed by atoms with Gasteiger partial charge < -0.3 is 14.7 Å². The second-order valence-corrected chi connectivity index (χ2v) is 10.00. The van der Waals surface area contributed by atoms with Crippen molar-refractivity contribution in [1.29, 1.82) is 0 Å². The minimum atomic E-state index is -3.21. The van der Waals surface area contributed by atoms with Crippen molar-refractivity contribution < 1.29 is 33.7 Å². The lowest BCUT2D eigenvalue weighted by Gasteiger charge is -2.16. The van der Waals surface area contributed by atoms with Crippen molar-refractivity contribution in [3.8, 4) is 5.75 Å². The summed E-state index contributed by atoms with van der Waals surface area (Å²) in [4.78, 5) is 26.0. The molecule has 10 heteroatoms. The highest BCUT2D eigenvalue weighted by atomic mass is 31.1. The summed E-state index contributed by atoms with van der Waals surface area (Å²) in [6.45, 7) is 9.92. The molecule has 2 aromatic rings. The van der Waals surface area contributed by atoms with Crippen molar-refractivity contribution in [2.75, 3.05) is 13.2 Å². The number of aliphatic hydroxyl groups is 1. The Hall–Kier alpha value is -2.03. The van der Waals surface area contributed by atoms with Crippen molar-refractivity contribution in [2.24, 2.45) is 5.92 Å². The van der Waals surface area contributed by atoms with Crippen LogP contribution in [0, 0.1) is 26.7 Å². The van der Waals surface area contributed by atoms with E-state index in [4.69, 9.17) is 9.63 Å². The fourth-order valence-corrected chi connectivity index (χ4v) is 4.95. The molecule has 0 fully saturated rings. The van der Waals surface area contributed by atoms with Crippen LogP contribution < -0.4 is 4.74 Å². The lowest BCUT2D eigenvalue weighted by Crippen LogP contribution is -2.23. The zero-order valence-corrected chi connectivity index (χ0v) is 21.5. The first-order valence-electron chi connectivity index (χ1n) is 11.6. The van der Waals surface area contributed by atoms with Crippen molar-refractivity contribution in [1.82, 2.24) is 9.78 Å². The third-order valence-corrected chi connectivity index (χ3v) is 6.53. The fourth-order valence-electron chi connectivity index (χ4n) is 4.78. The van der Waals surface area contributed by atoms with E-state index in [1.807, 2.05) is 32.9 Å². The normalized spacial score (nSPS) is 17.1. The molecule has 1 aromatic heterocycles. The van der Waals surface area contributed by atoms with E-state index in [9.17, 15) is 14.5 Å². The Morgan fingerprint density at radius 2 is 1.91 bits per heavy atom. The Balaban J connectivity index is 1.59. The van der Waals surface area contributed by atoms with Crippen LogP contribution in [-0.2, 0) is 27.0 Å². The van der Waals surface area contributed by atoms with Gasteiger partial charge in [-0.3, -0.25) is 9.36 Å². The van der Waals surface area contributed by atoms with E-state index in [1.54, 1.807) is 4.68 Å². The minimum Gasteiger partial charge on any atom is -0.490 e. The molecule has 0 saturated heterocycles. The van der Waals surface area contributed by atoms with Crippen LogP contribution in [0.15, 0.2) is 12.1 Å². The Kier molecular flexibility index (Phi) is 9.07. The molecule has 0 saturated carbocycles. The quantitative estimate of drug-likeness (QED) is 0.275. The maximum atomic E-state index is 13.0. The van der Waals surface area contributed by atoms with Crippen LogP contribution in [-0.4, -0.2) is 45.0 Å². The van der Waals surface area contributed by atoms with Gasteiger partial charge in [0.05, 0.1) is 11.4 Å². The summed E-state index contributed by atoms with van der Waals surface area (Å²) >= 11 is 0. The van der Waals surface area contributed by atoms with E-state index in [2.05, 4.69) is 28.5 Å². The molecule has 0 spiro atoms. The highest BCUT2D eigenvalue weighted by Gasteiger charge is 2.32. The lowest BCUT2D eigenvalue weighted by molar-refractivity contribution is -0.226. The number of benzene rings is 1. The number of nitrogens with zero attached hydrogens (tertiary/aromatic N) is 2. The Bertz CT molecular complexity index is 1030. The first kappa shape index (κ1) is 26.6. The van der Waals surface area contributed by atoms with Crippen molar-refractivity contribution in [2.45, 2.75) is 72.3 Å². The van der Waals surface area contributed by atoms with E-state index < -0.39 is 14.4 Å². The molecule has 1 aliphatic rings. The van der Waals surface area contributed by atoms with E-state index in [-0.39, 0.29) is 19.1 Å². The summed E-state index contributed by atoms with van der Waals surface area (Å²) in [7, 11) is -3.21. The molecule has 188 valence electrons. The molecule has 34 heavy (non-hydrogen) atoms. The van der Waals surface area contributed by atoms with Crippen LogP contribution in [0.1, 0.15) is 71.0 Å². The number of aromatic nitrogens is 2. The number of carbonyl (C=O) groups excluding carboxylic acids is 1. The Labute approximate surface area is 200 Å². The molecular weight excluding hydrogens is 459 g/mol. The van der Waals surface area contributed by atoms with Crippen LogP contribution in [0.3, 0.4) is 0 Å². The van der Waals surface area contributed by atoms with E-state index in [0.29, 0.717) is 30.4 Å². The molecule has 9 nitrogen and oxygen atoms in total. The number of aryl methyl sites for hydroxylation is 4. The van der Waals surface area contributed by atoms with Crippen LogP contribution in [0.5, 0.6) is 5.75 Å². The highest BCUT2D eigenvalue weighted by molar-refractivity contribution is 7.31. The second kappa shape index (κ2) is 11.6. The SMILES string of the molecule is Cc1cc(CCC(=O)n2nc(C)c3c2CCC3C(C)C)cc(C)c1OCC(O)COO[PH](=O)O. The molecule has 3 rings (SSSR count). The summed E-state index contributed by atoms with van der Waals surface area (Å²) < 4.78 is 21.9. The molecule has 0 aliphatic heterocycles. The van der Waals surface area contributed by atoms with Gasteiger partial charge in [-0.05, 0) is 68.6 Å². The Morgan fingerprint density at radius 1 is 1.24 bits per heavy atom. The maximum absolute atomic E-state index is 13.0. The van der Waals surface area contributed by atoms with Crippen LogP contribution >= 0.6 is 8.25 Å². The number of fused-ring (bicyclic) bond motifs is 1. The molecular formula is C24H35N2O7P. The fraction of sp³-hybridized carbons (Fsp3) is 0.583. The largest absolute Gasteiger partial charge is 0.490 e. The summed E-state index contributed by atoms with van der Waals surface area (Å²) in [5.74, 6) is 1.67. The molecule has 0 bridgehead atoms. The van der Waals surface area contributed by atoms with Gasteiger partial charge in [-0.25, -0.2) is 9.57 Å². The minimum absolute atomic E-state index is 0.0140. The molecule has 1 aromatic carbocycles. The molecule has 3 atom stereocenters. The predicted molar refractivity (Wildman–Crippen MR) is 127 cm³/mol. The number of ether oxygens (including phenoxy) is 1.